The van der Waals surface area contributed by atoms with Gasteiger partial charge in [-0.15, -0.1) is 0 Å². The molecule has 1 aromatic rings. The average Bonchev–Trinajstić information content (AvgIpc) is 3.34. The number of nitro benzene ring substituents is 1. The van der Waals surface area contributed by atoms with Gasteiger partial charge in [0.05, 0.1) is 11.0 Å². The molecule has 21 heavy (non-hydrogen) atoms. The lowest BCUT2D eigenvalue weighted by Gasteiger charge is -2.25. The molecule has 1 N–H and O–H groups in total. The molecular weight excluding hydrogens is 270 g/mol. The molecule has 1 unspecified atom stereocenters. The number of aryl methyl sites for hydroxylation is 1. The SMILES string of the molecule is CCc1ccc(OCC(C#N)(NC)C2CC2)c([N+](=O)[O-])c1. The zero-order valence-electron chi connectivity index (χ0n) is 12.3. The summed E-state index contributed by atoms with van der Waals surface area (Å²) in [5.74, 6) is 0.467. The Balaban J connectivity index is 2.19. The van der Waals surface area contributed by atoms with Crippen molar-refractivity contribution in [2.45, 2.75) is 31.7 Å². The molecule has 1 aromatic carbocycles. The zero-order chi connectivity index (χ0) is 15.5. The van der Waals surface area contributed by atoms with Gasteiger partial charge in [0, 0.05) is 6.07 Å². The van der Waals surface area contributed by atoms with Gasteiger partial charge in [-0.3, -0.25) is 15.4 Å². The van der Waals surface area contributed by atoms with Gasteiger partial charge >= 0.3 is 5.69 Å². The number of nitro groups is 1. The van der Waals surface area contributed by atoms with Gasteiger partial charge in [-0.25, -0.2) is 0 Å². The van der Waals surface area contributed by atoms with Crippen LogP contribution >= 0.6 is 0 Å². The standard InChI is InChI=1S/C15H19N3O3/c1-3-11-4-7-14(13(8-11)18(19)20)21-10-15(9-16,17-2)12-5-6-12/h4,7-8,12,17H,3,5-6,10H2,1-2H3. The van der Waals surface area contributed by atoms with Crippen LogP contribution in [0.1, 0.15) is 25.3 Å². The molecule has 0 radical (unpaired) electrons. The Kier molecular flexibility index (Phi) is 4.43. The summed E-state index contributed by atoms with van der Waals surface area (Å²) < 4.78 is 5.62. The van der Waals surface area contributed by atoms with Crippen LogP contribution in [0, 0.1) is 27.4 Å². The summed E-state index contributed by atoms with van der Waals surface area (Å²) in [7, 11) is 1.72. The molecule has 0 amide bonds. The van der Waals surface area contributed by atoms with Crippen molar-refractivity contribution < 1.29 is 9.66 Å². The molecule has 0 aliphatic heterocycles. The molecule has 112 valence electrons. The first-order valence-electron chi connectivity index (χ1n) is 7.06. The molecule has 6 heteroatoms. The Morgan fingerprint density at radius 1 is 1.57 bits per heavy atom. The molecule has 1 saturated carbocycles. The van der Waals surface area contributed by atoms with E-state index in [-0.39, 0.29) is 24.0 Å². The first-order valence-corrected chi connectivity index (χ1v) is 7.06. The monoisotopic (exact) mass is 289 g/mol. The zero-order valence-corrected chi connectivity index (χ0v) is 12.3. The largest absolute Gasteiger partial charge is 0.484 e. The number of hydrogen-bond donors (Lipinski definition) is 1. The summed E-state index contributed by atoms with van der Waals surface area (Å²) in [6.07, 6.45) is 2.69. The molecule has 0 saturated heterocycles. The average molecular weight is 289 g/mol. The van der Waals surface area contributed by atoms with Crippen LogP contribution < -0.4 is 10.1 Å². The van der Waals surface area contributed by atoms with Crippen molar-refractivity contribution in [2.24, 2.45) is 5.92 Å². The van der Waals surface area contributed by atoms with Gasteiger partial charge in [0.2, 0.25) is 0 Å². The normalized spacial score (nSPS) is 16.8. The van der Waals surface area contributed by atoms with E-state index in [9.17, 15) is 15.4 Å². The first kappa shape index (κ1) is 15.3. The fourth-order valence-corrected chi connectivity index (χ4v) is 2.39. The lowest BCUT2D eigenvalue weighted by molar-refractivity contribution is -0.386. The molecule has 1 aliphatic rings. The molecule has 1 fully saturated rings. The lowest BCUT2D eigenvalue weighted by Crippen LogP contribution is -2.49. The maximum absolute atomic E-state index is 11.1. The maximum Gasteiger partial charge on any atom is 0.311 e. The van der Waals surface area contributed by atoms with Crippen LogP contribution in [-0.4, -0.2) is 24.1 Å². The summed E-state index contributed by atoms with van der Waals surface area (Å²) in [6.45, 7) is 2.05. The minimum atomic E-state index is -0.767. The Labute approximate surface area is 123 Å². The third kappa shape index (κ3) is 3.14. The molecule has 0 bridgehead atoms. The van der Waals surface area contributed by atoms with Gasteiger partial charge in [0.1, 0.15) is 12.1 Å². The second-order valence-corrected chi connectivity index (χ2v) is 5.31. The van der Waals surface area contributed by atoms with E-state index in [4.69, 9.17) is 4.74 Å². The van der Waals surface area contributed by atoms with Crippen LogP contribution in [0.15, 0.2) is 18.2 Å². The molecule has 2 rings (SSSR count). The van der Waals surface area contributed by atoms with Gasteiger partial charge in [-0.1, -0.05) is 13.0 Å². The van der Waals surface area contributed by atoms with Crippen LogP contribution in [0.4, 0.5) is 5.69 Å². The van der Waals surface area contributed by atoms with E-state index in [2.05, 4.69) is 11.4 Å². The van der Waals surface area contributed by atoms with E-state index in [0.717, 1.165) is 24.8 Å². The van der Waals surface area contributed by atoms with Gasteiger partial charge in [-0.05, 0) is 43.9 Å². The number of nitrogens with one attached hydrogen (secondary N) is 1. The van der Waals surface area contributed by atoms with Crippen molar-refractivity contribution in [1.82, 2.24) is 5.32 Å². The van der Waals surface area contributed by atoms with Crippen LogP contribution in [-0.2, 0) is 6.42 Å². The highest BCUT2D eigenvalue weighted by Gasteiger charge is 2.45. The minimum Gasteiger partial charge on any atom is -0.484 e. The summed E-state index contributed by atoms with van der Waals surface area (Å²) in [5.41, 5.74) is 0.0709. The van der Waals surface area contributed by atoms with Crippen molar-refractivity contribution in [3.05, 3.63) is 33.9 Å². The minimum absolute atomic E-state index is 0.0481. The third-order valence-corrected chi connectivity index (χ3v) is 4.00. The topological polar surface area (TPSA) is 88.2 Å². The van der Waals surface area contributed by atoms with Crippen LogP contribution in [0.3, 0.4) is 0 Å². The number of nitrogens with zero attached hydrogens (tertiary/aromatic N) is 2. The second kappa shape index (κ2) is 6.10. The van der Waals surface area contributed by atoms with Crippen molar-refractivity contribution in [3.63, 3.8) is 0 Å². The number of rotatable bonds is 7. The number of hydrogen-bond acceptors (Lipinski definition) is 5. The number of nitriles is 1. The quantitative estimate of drug-likeness (QED) is 0.615. The highest BCUT2D eigenvalue weighted by atomic mass is 16.6. The Morgan fingerprint density at radius 2 is 2.29 bits per heavy atom. The van der Waals surface area contributed by atoms with Crippen molar-refractivity contribution in [3.8, 4) is 11.8 Å². The van der Waals surface area contributed by atoms with Gasteiger partial charge in [0.25, 0.3) is 0 Å². The van der Waals surface area contributed by atoms with Crippen LogP contribution in [0.2, 0.25) is 0 Å². The highest BCUT2D eigenvalue weighted by molar-refractivity contribution is 5.48. The molecule has 1 aliphatic carbocycles. The van der Waals surface area contributed by atoms with E-state index >= 15 is 0 Å². The fourth-order valence-electron chi connectivity index (χ4n) is 2.39. The van der Waals surface area contributed by atoms with Gasteiger partial charge in [0.15, 0.2) is 5.75 Å². The van der Waals surface area contributed by atoms with E-state index in [1.165, 1.54) is 6.07 Å². The van der Waals surface area contributed by atoms with Crippen molar-refractivity contribution in [1.29, 1.82) is 5.26 Å². The second-order valence-electron chi connectivity index (χ2n) is 5.31. The lowest BCUT2D eigenvalue weighted by atomic mass is 9.96. The first-order chi connectivity index (χ1) is 10.1. The van der Waals surface area contributed by atoms with E-state index in [1.807, 2.05) is 13.0 Å². The maximum atomic E-state index is 11.1. The molecule has 0 heterocycles. The number of ether oxygens (including phenoxy) is 1. The Bertz CT molecular complexity index is 578. The van der Waals surface area contributed by atoms with E-state index < -0.39 is 10.5 Å². The number of benzene rings is 1. The van der Waals surface area contributed by atoms with Crippen LogP contribution in [0.5, 0.6) is 5.75 Å². The van der Waals surface area contributed by atoms with Crippen molar-refractivity contribution in [2.75, 3.05) is 13.7 Å². The summed E-state index contributed by atoms with van der Waals surface area (Å²) in [4.78, 5) is 10.7. The highest BCUT2D eigenvalue weighted by Crippen LogP contribution is 2.40. The summed E-state index contributed by atoms with van der Waals surface area (Å²) in [6, 6.07) is 7.22. The molecule has 0 aromatic heterocycles. The van der Waals surface area contributed by atoms with E-state index in [0.29, 0.717) is 0 Å². The van der Waals surface area contributed by atoms with Crippen molar-refractivity contribution >= 4 is 5.69 Å². The molecule has 0 spiro atoms. The molecular formula is C15H19N3O3. The molecule has 6 nitrogen and oxygen atoms in total. The smallest absolute Gasteiger partial charge is 0.311 e. The van der Waals surface area contributed by atoms with Gasteiger partial charge in [-0.2, -0.15) is 5.26 Å². The van der Waals surface area contributed by atoms with Crippen LogP contribution in [0.25, 0.3) is 0 Å². The summed E-state index contributed by atoms with van der Waals surface area (Å²) in [5, 5.41) is 23.6. The summed E-state index contributed by atoms with van der Waals surface area (Å²) >= 11 is 0. The van der Waals surface area contributed by atoms with Gasteiger partial charge < -0.3 is 4.74 Å². The third-order valence-electron chi connectivity index (χ3n) is 4.00. The predicted molar refractivity (Wildman–Crippen MR) is 78.1 cm³/mol. The van der Waals surface area contributed by atoms with E-state index in [1.54, 1.807) is 13.1 Å². The fraction of sp³-hybridized carbons (Fsp3) is 0.533. The Morgan fingerprint density at radius 3 is 2.76 bits per heavy atom. The Hall–Kier alpha value is -2.13. The number of likely N-dealkylation sites (N-methyl/N-ethyl adjacent to an activating group) is 1. The predicted octanol–water partition coefficient (Wildman–Crippen LogP) is 2.43. The molecule has 1 atom stereocenters.